The van der Waals surface area contributed by atoms with Crippen molar-refractivity contribution in [1.82, 2.24) is 9.62 Å². The van der Waals surface area contributed by atoms with E-state index in [4.69, 9.17) is 4.74 Å². The lowest BCUT2D eigenvalue weighted by Crippen LogP contribution is -2.57. The summed E-state index contributed by atoms with van der Waals surface area (Å²) in [5.74, 6) is -0.705. The van der Waals surface area contributed by atoms with Crippen molar-refractivity contribution >= 4 is 10.0 Å². The fraction of sp³-hybridized carbons (Fsp3) is 0.571. The second kappa shape index (κ2) is 5.64. The number of nitrogens with one attached hydrogen (secondary N) is 1. The summed E-state index contributed by atoms with van der Waals surface area (Å²) in [6.45, 7) is 2.55. The van der Waals surface area contributed by atoms with Gasteiger partial charge in [-0.2, -0.15) is 4.31 Å². The molecule has 3 rings (SSSR count). The van der Waals surface area contributed by atoms with Crippen LogP contribution in [0.15, 0.2) is 29.2 Å². The molecule has 1 aromatic carbocycles. The maximum atomic E-state index is 13.8. The van der Waals surface area contributed by atoms with Gasteiger partial charge >= 0.3 is 0 Å². The van der Waals surface area contributed by atoms with Gasteiger partial charge in [-0.05, 0) is 38.1 Å². The molecule has 0 saturated carbocycles. The summed E-state index contributed by atoms with van der Waals surface area (Å²) >= 11 is 0. The van der Waals surface area contributed by atoms with Crippen molar-refractivity contribution in [3.8, 4) is 0 Å². The van der Waals surface area contributed by atoms with E-state index in [1.165, 1.54) is 28.6 Å². The summed E-state index contributed by atoms with van der Waals surface area (Å²) in [5, 5.41) is 3.24. The highest BCUT2D eigenvalue weighted by atomic mass is 32.2. The third-order valence-electron chi connectivity index (χ3n) is 4.18. The van der Waals surface area contributed by atoms with Crippen LogP contribution in [0.5, 0.6) is 0 Å². The molecule has 2 heterocycles. The van der Waals surface area contributed by atoms with Crippen LogP contribution in [-0.2, 0) is 14.8 Å². The Labute approximate surface area is 124 Å². The van der Waals surface area contributed by atoms with Gasteiger partial charge in [-0.25, -0.2) is 12.8 Å². The lowest BCUT2D eigenvalue weighted by molar-refractivity contribution is -0.105. The molecule has 21 heavy (non-hydrogen) atoms. The minimum Gasteiger partial charge on any atom is -0.372 e. The minimum absolute atomic E-state index is 0.254. The van der Waals surface area contributed by atoms with E-state index in [0.717, 1.165) is 25.9 Å². The van der Waals surface area contributed by atoms with E-state index in [1.807, 2.05) is 0 Å². The molecular weight excluding hydrogens is 295 g/mol. The van der Waals surface area contributed by atoms with E-state index in [-0.39, 0.29) is 11.4 Å². The van der Waals surface area contributed by atoms with Crippen molar-refractivity contribution in [2.45, 2.75) is 23.3 Å². The summed E-state index contributed by atoms with van der Waals surface area (Å²) < 4.78 is 46.3. The first kappa shape index (κ1) is 14.9. The molecule has 0 atom stereocenters. The van der Waals surface area contributed by atoms with Crippen molar-refractivity contribution in [1.29, 1.82) is 0 Å². The number of halogens is 1. The molecule has 1 aromatic rings. The van der Waals surface area contributed by atoms with Gasteiger partial charge in [-0.1, -0.05) is 12.1 Å². The molecule has 1 spiro atoms. The number of ether oxygens (including phenoxy) is 1. The number of sulfonamides is 1. The Morgan fingerprint density at radius 2 is 1.95 bits per heavy atom. The SMILES string of the molecule is O=S(=O)(c1ccccc1F)N1CCOC2(CCNCC2)C1. The second-order valence-electron chi connectivity index (χ2n) is 5.55. The predicted octanol–water partition coefficient (Wildman–Crippen LogP) is 0.969. The predicted molar refractivity (Wildman–Crippen MR) is 75.9 cm³/mol. The molecule has 2 saturated heterocycles. The Balaban J connectivity index is 1.87. The monoisotopic (exact) mass is 314 g/mol. The average molecular weight is 314 g/mol. The van der Waals surface area contributed by atoms with Crippen molar-refractivity contribution < 1.29 is 17.5 Å². The van der Waals surface area contributed by atoms with E-state index in [2.05, 4.69) is 5.32 Å². The summed E-state index contributed by atoms with van der Waals surface area (Å²) in [6, 6.07) is 5.52. The van der Waals surface area contributed by atoms with Crippen molar-refractivity contribution in [3.63, 3.8) is 0 Å². The Morgan fingerprint density at radius 3 is 2.67 bits per heavy atom. The Kier molecular flexibility index (Phi) is 4.00. The molecule has 2 fully saturated rings. The summed E-state index contributed by atoms with van der Waals surface area (Å²) in [4.78, 5) is -0.254. The van der Waals surface area contributed by atoms with Gasteiger partial charge in [-0.3, -0.25) is 0 Å². The first-order valence-electron chi connectivity index (χ1n) is 7.13. The third kappa shape index (κ3) is 2.83. The van der Waals surface area contributed by atoms with Crippen LogP contribution in [0.25, 0.3) is 0 Å². The first-order valence-corrected chi connectivity index (χ1v) is 8.57. The van der Waals surface area contributed by atoms with Gasteiger partial charge in [0.1, 0.15) is 10.7 Å². The van der Waals surface area contributed by atoms with Gasteiger partial charge in [0.15, 0.2) is 0 Å². The van der Waals surface area contributed by atoms with Crippen molar-refractivity contribution in [2.24, 2.45) is 0 Å². The Hall–Kier alpha value is -1.02. The highest BCUT2D eigenvalue weighted by Gasteiger charge is 2.42. The molecule has 0 amide bonds. The highest BCUT2D eigenvalue weighted by Crippen LogP contribution is 2.31. The van der Waals surface area contributed by atoms with Crippen molar-refractivity contribution in [3.05, 3.63) is 30.1 Å². The quantitative estimate of drug-likeness (QED) is 0.884. The molecule has 0 bridgehead atoms. The zero-order chi connectivity index (χ0) is 14.9. The van der Waals surface area contributed by atoms with Crippen LogP contribution in [0.2, 0.25) is 0 Å². The maximum Gasteiger partial charge on any atom is 0.246 e. The topological polar surface area (TPSA) is 58.6 Å². The fourth-order valence-electron chi connectivity index (χ4n) is 2.99. The first-order chi connectivity index (χ1) is 10.0. The molecule has 0 radical (unpaired) electrons. The summed E-state index contributed by atoms with van der Waals surface area (Å²) in [6.07, 6.45) is 1.55. The fourth-order valence-corrected chi connectivity index (χ4v) is 4.56. The zero-order valence-corrected chi connectivity index (χ0v) is 12.5. The van der Waals surface area contributed by atoms with Gasteiger partial charge in [0, 0.05) is 13.1 Å². The molecular formula is C14H19FN2O3S. The number of rotatable bonds is 2. The summed E-state index contributed by atoms with van der Waals surface area (Å²) in [5.41, 5.74) is -0.429. The smallest absolute Gasteiger partial charge is 0.246 e. The van der Waals surface area contributed by atoms with Crippen LogP contribution in [0, 0.1) is 5.82 Å². The molecule has 1 N–H and O–H groups in total. The van der Waals surface area contributed by atoms with E-state index in [1.54, 1.807) is 0 Å². The van der Waals surface area contributed by atoms with E-state index < -0.39 is 21.4 Å². The number of morpholine rings is 1. The molecule has 2 aliphatic heterocycles. The molecule has 0 aliphatic carbocycles. The van der Waals surface area contributed by atoms with Crippen LogP contribution in [0.3, 0.4) is 0 Å². The molecule has 116 valence electrons. The van der Waals surface area contributed by atoms with E-state index in [9.17, 15) is 12.8 Å². The van der Waals surface area contributed by atoms with Crippen LogP contribution in [-0.4, -0.2) is 51.1 Å². The lowest BCUT2D eigenvalue weighted by atomic mass is 9.91. The average Bonchev–Trinajstić information content (AvgIpc) is 2.48. The number of nitrogens with zero attached hydrogens (tertiary/aromatic N) is 1. The van der Waals surface area contributed by atoms with E-state index >= 15 is 0 Å². The molecule has 0 aromatic heterocycles. The number of hydrogen-bond acceptors (Lipinski definition) is 4. The lowest BCUT2D eigenvalue weighted by Gasteiger charge is -2.44. The molecule has 0 unspecified atom stereocenters. The highest BCUT2D eigenvalue weighted by molar-refractivity contribution is 7.89. The van der Waals surface area contributed by atoms with Crippen LogP contribution < -0.4 is 5.32 Å². The van der Waals surface area contributed by atoms with Crippen LogP contribution in [0.1, 0.15) is 12.8 Å². The Bertz CT molecular complexity index is 609. The van der Waals surface area contributed by atoms with Gasteiger partial charge < -0.3 is 10.1 Å². The van der Waals surface area contributed by atoms with Crippen molar-refractivity contribution in [2.75, 3.05) is 32.8 Å². The molecule has 7 heteroatoms. The maximum absolute atomic E-state index is 13.8. The third-order valence-corrected chi connectivity index (χ3v) is 6.06. The summed E-state index contributed by atoms with van der Waals surface area (Å²) in [7, 11) is -3.81. The minimum atomic E-state index is -3.81. The number of hydrogen-bond donors (Lipinski definition) is 1. The van der Waals surface area contributed by atoms with Crippen LogP contribution >= 0.6 is 0 Å². The molecule has 5 nitrogen and oxygen atoms in total. The number of benzene rings is 1. The largest absolute Gasteiger partial charge is 0.372 e. The van der Waals surface area contributed by atoms with Gasteiger partial charge in [0.2, 0.25) is 10.0 Å². The van der Waals surface area contributed by atoms with Crippen LogP contribution in [0.4, 0.5) is 4.39 Å². The Morgan fingerprint density at radius 1 is 1.24 bits per heavy atom. The van der Waals surface area contributed by atoms with E-state index in [0.29, 0.717) is 13.2 Å². The van der Waals surface area contributed by atoms with Gasteiger partial charge in [0.25, 0.3) is 0 Å². The number of piperidine rings is 1. The second-order valence-corrected chi connectivity index (χ2v) is 7.46. The zero-order valence-electron chi connectivity index (χ0n) is 11.7. The molecule has 2 aliphatic rings. The standard InChI is InChI=1S/C14H19FN2O3S/c15-12-3-1-2-4-13(12)21(18,19)17-9-10-20-14(11-17)5-7-16-8-6-14/h1-4,16H,5-11H2. The van der Waals surface area contributed by atoms with Gasteiger partial charge in [-0.15, -0.1) is 0 Å². The normalized spacial score (nSPS) is 23.3. The van der Waals surface area contributed by atoms with Gasteiger partial charge in [0.05, 0.1) is 12.2 Å².